The second kappa shape index (κ2) is 9.46. The van der Waals surface area contributed by atoms with Crippen LogP contribution in [-0.4, -0.2) is 44.8 Å². The average Bonchev–Trinajstić information content (AvgIpc) is 2.93. The molecule has 0 spiro atoms. The third-order valence-electron chi connectivity index (χ3n) is 4.80. The van der Waals surface area contributed by atoms with Gasteiger partial charge in [0.25, 0.3) is 0 Å². The van der Waals surface area contributed by atoms with Crippen molar-refractivity contribution in [2.75, 3.05) is 34.0 Å². The smallest absolute Gasteiger partial charge is 0.219 e. The third-order valence-corrected chi connectivity index (χ3v) is 4.80. The molecular weight excluding hydrogens is 358 g/mol. The highest BCUT2D eigenvalue weighted by Crippen LogP contribution is 2.28. The summed E-state index contributed by atoms with van der Waals surface area (Å²) in [7, 11) is 3.26. The van der Waals surface area contributed by atoms with Crippen LogP contribution in [0.1, 0.15) is 23.6 Å². The zero-order valence-electron chi connectivity index (χ0n) is 16.7. The molecule has 1 aliphatic rings. The maximum absolute atomic E-state index is 11.7. The lowest BCUT2D eigenvalue weighted by Gasteiger charge is -2.17. The minimum atomic E-state index is 0.0630. The minimum Gasteiger partial charge on any atom is -0.493 e. The van der Waals surface area contributed by atoms with Crippen LogP contribution >= 0.6 is 0 Å². The van der Waals surface area contributed by atoms with Crippen LogP contribution in [0.25, 0.3) is 0 Å². The number of benzene rings is 2. The van der Waals surface area contributed by atoms with Crippen molar-refractivity contribution in [3.63, 3.8) is 0 Å². The van der Waals surface area contributed by atoms with Crippen molar-refractivity contribution >= 4 is 5.91 Å². The molecule has 0 N–H and O–H groups in total. The van der Waals surface area contributed by atoms with Gasteiger partial charge in [-0.2, -0.15) is 0 Å². The predicted octanol–water partition coefficient (Wildman–Crippen LogP) is 3.20. The van der Waals surface area contributed by atoms with Gasteiger partial charge in [0.1, 0.15) is 12.4 Å². The SMILES string of the molecule is COc1ccc(CCOCc2ccc3c(c2)CN(C(C)=O)CCO3)cc1OC. The molecule has 28 heavy (non-hydrogen) atoms. The van der Waals surface area contributed by atoms with Gasteiger partial charge in [-0.25, -0.2) is 0 Å². The fraction of sp³-hybridized carbons (Fsp3) is 0.409. The summed E-state index contributed by atoms with van der Waals surface area (Å²) in [5.41, 5.74) is 3.22. The number of nitrogens with zero attached hydrogens (tertiary/aromatic N) is 1. The molecule has 0 fully saturated rings. The Labute approximate surface area is 166 Å². The van der Waals surface area contributed by atoms with Crippen LogP contribution in [0.5, 0.6) is 17.2 Å². The molecule has 0 atom stereocenters. The lowest BCUT2D eigenvalue weighted by atomic mass is 10.1. The van der Waals surface area contributed by atoms with Gasteiger partial charge in [0, 0.05) is 19.0 Å². The van der Waals surface area contributed by atoms with Crippen LogP contribution in [0.3, 0.4) is 0 Å². The van der Waals surface area contributed by atoms with Crippen molar-refractivity contribution in [3.05, 3.63) is 53.1 Å². The number of hydrogen-bond acceptors (Lipinski definition) is 5. The molecular formula is C22H27NO5. The Morgan fingerprint density at radius 2 is 1.86 bits per heavy atom. The maximum Gasteiger partial charge on any atom is 0.219 e. The van der Waals surface area contributed by atoms with E-state index >= 15 is 0 Å². The summed E-state index contributed by atoms with van der Waals surface area (Å²) in [5, 5.41) is 0. The van der Waals surface area contributed by atoms with Crippen LogP contribution in [0.4, 0.5) is 0 Å². The molecule has 1 heterocycles. The van der Waals surface area contributed by atoms with Gasteiger partial charge in [0.2, 0.25) is 5.91 Å². The first-order chi connectivity index (χ1) is 13.6. The average molecular weight is 385 g/mol. The summed E-state index contributed by atoms with van der Waals surface area (Å²) in [5.74, 6) is 2.35. The van der Waals surface area contributed by atoms with Crippen LogP contribution < -0.4 is 14.2 Å². The molecule has 6 nitrogen and oxygen atoms in total. The second-order valence-electron chi connectivity index (χ2n) is 6.72. The topological polar surface area (TPSA) is 57.2 Å². The molecule has 0 radical (unpaired) electrons. The van der Waals surface area contributed by atoms with Gasteiger partial charge in [-0.05, 0) is 41.8 Å². The Hall–Kier alpha value is -2.73. The van der Waals surface area contributed by atoms with E-state index in [4.69, 9.17) is 18.9 Å². The van der Waals surface area contributed by atoms with Gasteiger partial charge in [-0.15, -0.1) is 0 Å². The van der Waals surface area contributed by atoms with Gasteiger partial charge in [-0.3, -0.25) is 4.79 Å². The number of amides is 1. The number of methoxy groups -OCH3 is 2. The normalized spacial score (nSPS) is 13.3. The summed E-state index contributed by atoms with van der Waals surface area (Å²) in [4.78, 5) is 13.5. The van der Waals surface area contributed by atoms with Gasteiger partial charge < -0.3 is 23.8 Å². The zero-order chi connectivity index (χ0) is 19.9. The van der Waals surface area contributed by atoms with Crippen molar-refractivity contribution in [1.82, 2.24) is 4.90 Å². The maximum atomic E-state index is 11.7. The Bertz CT molecular complexity index is 821. The second-order valence-corrected chi connectivity index (χ2v) is 6.72. The van der Waals surface area contributed by atoms with Crippen molar-refractivity contribution in [3.8, 4) is 17.2 Å². The molecule has 0 aromatic heterocycles. The summed E-state index contributed by atoms with van der Waals surface area (Å²) >= 11 is 0. The fourth-order valence-electron chi connectivity index (χ4n) is 3.22. The first-order valence-electron chi connectivity index (χ1n) is 9.39. The molecule has 0 aliphatic carbocycles. The minimum absolute atomic E-state index is 0.0630. The van der Waals surface area contributed by atoms with E-state index in [1.807, 2.05) is 30.3 Å². The first-order valence-corrected chi connectivity index (χ1v) is 9.39. The highest BCUT2D eigenvalue weighted by Gasteiger charge is 2.17. The van der Waals surface area contributed by atoms with Crippen molar-refractivity contribution in [2.45, 2.75) is 26.5 Å². The number of fused-ring (bicyclic) bond motifs is 1. The highest BCUT2D eigenvalue weighted by molar-refractivity contribution is 5.73. The van der Waals surface area contributed by atoms with Gasteiger partial charge in [0.15, 0.2) is 11.5 Å². The van der Waals surface area contributed by atoms with Gasteiger partial charge >= 0.3 is 0 Å². The van der Waals surface area contributed by atoms with E-state index in [0.717, 1.165) is 40.4 Å². The zero-order valence-corrected chi connectivity index (χ0v) is 16.7. The molecule has 0 saturated heterocycles. The quantitative estimate of drug-likeness (QED) is 0.685. The molecule has 1 amide bonds. The van der Waals surface area contributed by atoms with E-state index in [-0.39, 0.29) is 5.91 Å². The first kappa shape index (κ1) is 20.0. The van der Waals surface area contributed by atoms with E-state index < -0.39 is 0 Å². The molecule has 0 unspecified atom stereocenters. The van der Waals surface area contributed by atoms with Gasteiger partial charge in [0.05, 0.1) is 34.0 Å². The van der Waals surface area contributed by atoms with E-state index in [2.05, 4.69) is 6.07 Å². The largest absolute Gasteiger partial charge is 0.493 e. The number of rotatable bonds is 7. The van der Waals surface area contributed by atoms with E-state index in [1.165, 1.54) is 0 Å². The fourth-order valence-corrected chi connectivity index (χ4v) is 3.22. The molecule has 2 aromatic carbocycles. The van der Waals surface area contributed by atoms with Crippen LogP contribution in [0, 0.1) is 0 Å². The summed E-state index contributed by atoms with van der Waals surface area (Å²) in [6.45, 7) is 4.41. The van der Waals surface area contributed by atoms with E-state index in [1.54, 1.807) is 26.0 Å². The van der Waals surface area contributed by atoms with Crippen molar-refractivity contribution in [1.29, 1.82) is 0 Å². The van der Waals surface area contributed by atoms with Gasteiger partial charge in [-0.1, -0.05) is 12.1 Å². The molecule has 2 aromatic rings. The lowest BCUT2D eigenvalue weighted by molar-refractivity contribution is -0.129. The third kappa shape index (κ3) is 4.95. The van der Waals surface area contributed by atoms with E-state index in [0.29, 0.717) is 32.9 Å². The molecule has 0 bridgehead atoms. The number of carbonyl (C=O) groups excluding carboxylic acids is 1. The van der Waals surface area contributed by atoms with Crippen LogP contribution in [0.2, 0.25) is 0 Å². The summed E-state index contributed by atoms with van der Waals surface area (Å²) < 4.78 is 22.2. The molecule has 1 aliphatic heterocycles. The standard InChI is InChI=1S/C22H27NO5/c1-16(24)23-9-11-28-20-6-5-18(12-19(20)14-23)15-27-10-8-17-4-7-21(25-2)22(13-17)26-3/h4-7,12-13H,8-11,14-15H2,1-3H3. The Balaban J connectivity index is 1.55. The Morgan fingerprint density at radius 1 is 1.07 bits per heavy atom. The molecule has 3 rings (SSSR count). The van der Waals surface area contributed by atoms with Crippen molar-refractivity contribution < 1.29 is 23.7 Å². The molecule has 150 valence electrons. The number of hydrogen-bond donors (Lipinski definition) is 0. The van der Waals surface area contributed by atoms with Crippen LogP contribution in [0.15, 0.2) is 36.4 Å². The monoisotopic (exact) mass is 385 g/mol. The lowest BCUT2D eigenvalue weighted by Crippen LogP contribution is -2.30. The summed E-state index contributed by atoms with van der Waals surface area (Å²) in [6.07, 6.45) is 0.784. The molecule has 0 saturated carbocycles. The molecule has 6 heteroatoms. The number of carbonyl (C=O) groups is 1. The number of ether oxygens (including phenoxy) is 4. The van der Waals surface area contributed by atoms with Crippen LogP contribution in [-0.2, 0) is 29.1 Å². The van der Waals surface area contributed by atoms with E-state index in [9.17, 15) is 4.79 Å². The predicted molar refractivity (Wildman–Crippen MR) is 106 cm³/mol. The summed E-state index contributed by atoms with van der Waals surface area (Å²) in [6, 6.07) is 11.9. The van der Waals surface area contributed by atoms with Crippen molar-refractivity contribution in [2.24, 2.45) is 0 Å². The Morgan fingerprint density at radius 3 is 2.61 bits per heavy atom. The highest BCUT2D eigenvalue weighted by atomic mass is 16.5. The Kier molecular flexibility index (Phi) is 6.76.